The van der Waals surface area contributed by atoms with Crippen LogP contribution in [0.3, 0.4) is 0 Å². The molecule has 11 heteroatoms. The molecule has 3 aliphatic carbocycles. The first-order chi connectivity index (χ1) is 15.5. The van der Waals surface area contributed by atoms with Crippen molar-refractivity contribution in [2.24, 2.45) is 7.05 Å². The lowest BCUT2D eigenvalue weighted by Crippen LogP contribution is -2.48. The molecule has 2 bridgehead atoms. The third-order valence-corrected chi connectivity index (χ3v) is 7.34. The Morgan fingerprint density at radius 1 is 0.909 bits per heavy atom. The maximum absolute atomic E-state index is 13.6. The van der Waals surface area contributed by atoms with Crippen LogP contribution in [0.2, 0.25) is 0 Å². The fraction of sp³-hybridized carbons (Fsp3) is 0.545. The van der Waals surface area contributed by atoms with Crippen LogP contribution in [-0.4, -0.2) is 24.9 Å². The van der Waals surface area contributed by atoms with E-state index in [0.717, 1.165) is 13.0 Å². The molecule has 1 aromatic carbocycles. The number of fused-ring (bicyclic) bond motifs is 3. The Hall–Kier alpha value is -2.85. The monoisotopic (exact) mass is 467 g/mol. The van der Waals surface area contributed by atoms with Gasteiger partial charge in [0.05, 0.1) is 5.56 Å². The van der Waals surface area contributed by atoms with Crippen molar-refractivity contribution in [3.63, 3.8) is 0 Å². The van der Waals surface area contributed by atoms with Gasteiger partial charge in [0.2, 0.25) is 0 Å². The molecule has 2 aromatic heterocycles. The number of nitrogens with zero attached hydrogens (tertiary/aromatic N) is 5. The molecular formula is C22H22F5N5O. The lowest BCUT2D eigenvalue weighted by atomic mass is 9.53. The van der Waals surface area contributed by atoms with E-state index in [9.17, 15) is 22.0 Å². The van der Waals surface area contributed by atoms with E-state index in [4.69, 9.17) is 4.52 Å². The van der Waals surface area contributed by atoms with Crippen LogP contribution in [0.15, 0.2) is 28.8 Å². The van der Waals surface area contributed by atoms with Crippen LogP contribution in [0.1, 0.15) is 68.6 Å². The second-order valence-corrected chi connectivity index (χ2v) is 9.32. The standard InChI is InChI=1S/C22H22F5N5O/c1-19(23,24)18-28-16(31-33-18)20-7-10-21(11-8-20,12-9-20)17-30-29-15(32(17)2)13-5-3-4-6-14(13)22(25,26)27/h3-6H,7-12H2,1-2H3. The number of alkyl halides is 5. The van der Waals surface area contributed by atoms with Gasteiger partial charge in [-0.3, -0.25) is 0 Å². The number of hydrogen-bond donors (Lipinski definition) is 0. The smallest absolute Gasteiger partial charge is 0.333 e. The van der Waals surface area contributed by atoms with Gasteiger partial charge in [0, 0.05) is 30.4 Å². The van der Waals surface area contributed by atoms with Crippen LogP contribution >= 0.6 is 0 Å². The minimum atomic E-state index is -4.50. The summed E-state index contributed by atoms with van der Waals surface area (Å²) in [6, 6.07) is 5.34. The lowest BCUT2D eigenvalue weighted by molar-refractivity contribution is -0.137. The fourth-order valence-corrected chi connectivity index (χ4v) is 5.42. The molecule has 0 radical (unpaired) electrons. The molecule has 3 saturated carbocycles. The Balaban J connectivity index is 1.44. The van der Waals surface area contributed by atoms with Gasteiger partial charge in [-0.1, -0.05) is 23.4 Å². The second kappa shape index (κ2) is 7.07. The minimum Gasteiger partial charge on any atom is -0.333 e. The molecule has 0 N–H and O–H groups in total. The van der Waals surface area contributed by atoms with Gasteiger partial charge in [0.25, 0.3) is 5.89 Å². The third kappa shape index (κ3) is 3.43. The van der Waals surface area contributed by atoms with Crippen molar-refractivity contribution in [2.45, 2.75) is 68.4 Å². The van der Waals surface area contributed by atoms with E-state index in [1.807, 2.05) is 0 Å². The predicted octanol–water partition coefficient (Wildman–Crippen LogP) is 5.54. The third-order valence-electron chi connectivity index (χ3n) is 7.34. The highest BCUT2D eigenvalue weighted by atomic mass is 19.4. The summed E-state index contributed by atoms with van der Waals surface area (Å²) in [6.45, 7) is 0.720. The Morgan fingerprint density at radius 2 is 1.52 bits per heavy atom. The molecule has 3 fully saturated rings. The van der Waals surface area contributed by atoms with E-state index in [1.165, 1.54) is 12.1 Å². The van der Waals surface area contributed by atoms with Gasteiger partial charge in [0.15, 0.2) is 11.6 Å². The largest absolute Gasteiger partial charge is 0.417 e. The summed E-state index contributed by atoms with van der Waals surface area (Å²) in [5.41, 5.74) is -1.53. The van der Waals surface area contributed by atoms with Crippen molar-refractivity contribution in [2.75, 3.05) is 0 Å². The van der Waals surface area contributed by atoms with E-state index in [-0.39, 0.29) is 16.8 Å². The predicted molar refractivity (Wildman–Crippen MR) is 106 cm³/mol. The maximum atomic E-state index is 13.6. The molecule has 6 nitrogen and oxygen atoms in total. The van der Waals surface area contributed by atoms with E-state index in [1.54, 1.807) is 17.7 Å². The number of rotatable bonds is 4. The van der Waals surface area contributed by atoms with Crippen LogP contribution in [0.5, 0.6) is 0 Å². The molecule has 3 aliphatic rings. The van der Waals surface area contributed by atoms with Crippen molar-refractivity contribution in [1.82, 2.24) is 24.9 Å². The highest BCUT2D eigenvalue weighted by Gasteiger charge is 2.54. The van der Waals surface area contributed by atoms with E-state index >= 15 is 0 Å². The molecule has 6 rings (SSSR count). The van der Waals surface area contributed by atoms with Gasteiger partial charge in [-0.2, -0.15) is 26.9 Å². The molecule has 33 heavy (non-hydrogen) atoms. The van der Waals surface area contributed by atoms with Crippen LogP contribution in [0, 0.1) is 0 Å². The van der Waals surface area contributed by atoms with Gasteiger partial charge >= 0.3 is 12.1 Å². The molecule has 0 atom stereocenters. The van der Waals surface area contributed by atoms with E-state index in [2.05, 4.69) is 20.3 Å². The zero-order valence-corrected chi connectivity index (χ0v) is 18.1. The summed E-state index contributed by atoms with van der Waals surface area (Å²) < 4.78 is 74.2. The minimum absolute atomic E-state index is 0.0107. The zero-order chi connectivity index (χ0) is 23.6. The topological polar surface area (TPSA) is 69.6 Å². The van der Waals surface area contributed by atoms with Crippen molar-refractivity contribution >= 4 is 0 Å². The highest BCUT2D eigenvalue weighted by Crippen LogP contribution is 2.58. The van der Waals surface area contributed by atoms with Gasteiger partial charge in [-0.05, 0) is 44.6 Å². The van der Waals surface area contributed by atoms with E-state index < -0.39 is 29.0 Å². The molecule has 0 saturated heterocycles. The van der Waals surface area contributed by atoms with Crippen LogP contribution < -0.4 is 0 Å². The summed E-state index contributed by atoms with van der Waals surface area (Å²) in [5, 5.41) is 12.3. The SMILES string of the molecule is Cn1c(-c2ccccc2C(F)(F)F)nnc1C12CCC(c3noc(C(C)(F)F)n3)(CC1)CC2. The first kappa shape index (κ1) is 22.0. The van der Waals surface area contributed by atoms with E-state index in [0.29, 0.717) is 50.2 Å². The number of halogens is 5. The fourth-order valence-electron chi connectivity index (χ4n) is 5.42. The van der Waals surface area contributed by atoms with Crippen molar-refractivity contribution < 1.29 is 26.5 Å². The number of aromatic nitrogens is 5. The number of hydrogen-bond acceptors (Lipinski definition) is 5. The number of benzene rings is 1. The molecule has 0 spiro atoms. The van der Waals surface area contributed by atoms with Crippen molar-refractivity contribution in [1.29, 1.82) is 0 Å². The maximum Gasteiger partial charge on any atom is 0.417 e. The first-order valence-corrected chi connectivity index (χ1v) is 10.7. The highest BCUT2D eigenvalue weighted by molar-refractivity contribution is 5.61. The zero-order valence-electron chi connectivity index (χ0n) is 18.1. The Kier molecular flexibility index (Phi) is 4.71. The van der Waals surface area contributed by atoms with Gasteiger partial charge in [0.1, 0.15) is 5.82 Å². The quantitative estimate of drug-likeness (QED) is 0.472. The molecule has 0 unspecified atom stereocenters. The van der Waals surface area contributed by atoms with Gasteiger partial charge < -0.3 is 9.09 Å². The molecule has 0 amide bonds. The molecule has 176 valence electrons. The average Bonchev–Trinajstić information content (AvgIpc) is 3.42. The Bertz CT molecular complexity index is 1170. The van der Waals surface area contributed by atoms with Crippen molar-refractivity contribution in [3.8, 4) is 11.4 Å². The summed E-state index contributed by atoms with van der Waals surface area (Å²) in [6.07, 6.45) is -0.479. The Morgan fingerprint density at radius 3 is 2.09 bits per heavy atom. The molecule has 3 aromatic rings. The van der Waals surface area contributed by atoms with Crippen LogP contribution in [-0.2, 0) is 30.0 Å². The molecule has 0 aliphatic heterocycles. The Labute approximate surface area is 186 Å². The second-order valence-electron chi connectivity index (χ2n) is 9.32. The van der Waals surface area contributed by atoms with Crippen LogP contribution in [0.4, 0.5) is 22.0 Å². The summed E-state index contributed by atoms with van der Waals surface area (Å²) in [5.74, 6) is -2.75. The summed E-state index contributed by atoms with van der Waals surface area (Å²) in [4.78, 5) is 3.99. The first-order valence-electron chi connectivity index (χ1n) is 10.7. The van der Waals surface area contributed by atoms with Gasteiger partial charge in [-0.15, -0.1) is 10.2 Å². The molecular weight excluding hydrogens is 445 g/mol. The average molecular weight is 467 g/mol. The normalized spacial score (nSPS) is 25.5. The van der Waals surface area contributed by atoms with Crippen LogP contribution in [0.25, 0.3) is 11.4 Å². The van der Waals surface area contributed by atoms with Crippen molar-refractivity contribution in [3.05, 3.63) is 47.4 Å². The van der Waals surface area contributed by atoms with Gasteiger partial charge in [-0.25, -0.2) is 0 Å². The summed E-state index contributed by atoms with van der Waals surface area (Å²) >= 11 is 0. The molecule has 2 heterocycles. The lowest BCUT2D eigenvalue weighted by Gasteiger charge is -2.51. The summed E-state index contributed by atoms with van der Waals surface area (Å²) in [7, 11) is 1.69.